The zero-order chi connectivity index (χ0) is 16.2. The van der Waals surface area contributed by atoms with Gasteiger partial charge < -0.3 is 10.2 Å². The third kappa shape index (κ3) is 3.16. The smallest absolute Gasteiger partial charge is 0.168 e. The van der Waals surface area contributed by atoms with Gasteiger partial charge in [0.1, 0.15) is 11.4 Å². The zero-order valence-electron chi connectivity index (χ0n) is 12.5. The van der Waals surface area contributed by atoms with Crippen molar-refractivity contribution in [3.05, 3.63) is 72.0 Å². The summed E-state index contributed by atoms with van der Waals surface area (Å²) in [6.45, 7) is 0. The van der Waals surface area contributed by atoms with E-state index in [1.54, 1.807) is 24.3 Å². The number of benzene rings is 2. The van der Waals surface area contributed by atoms with Crippen LogP contribution in [0.3, 0.4) is 0 Å². The predicted octanol–water partition coefficient (Wildman–Crippen LogP) is 4.05. The van der Waals surface area contributed by atoms with Crippen LogP contribution >= 0.6 is 0 Å². The first-order valence-electron chi connectivity index (χ1n) is 7.47. The van der Waals surface area contributed by atoms with Crippen molar-refractivity contribution in [2.75, 3.05) is 0 Å². The van der Waals surface area contributed by atoms with E-state index in [2.05, 4.69) is 4.99 Å². The quantitative estimate of drug-likeness (QED) is 0.649. The number of phenols is 1. The van der Waals surface area contributed by atoms with Crippen molar-refractivity contribution < 1.29 is 15.0 Å². The maximum atomic E-state index is 12.3. The normalized spacial score (nSPS) is 21.7. The summed E-state index contributed by atoms with van der Waals surface area (Å²) < 4.78 is 0. The molecule has 1 unspecified atom stereocenters. The van der Waals surface area contributed by atoms with E-state index < -0.39 is 0 Å². The Labute approximate surface area is 134 Å². The van der Waals surface area contributed by atoms with Crippen molar-refractivity contribution in [2.24, 2.45) is 4.99 Å². The lowest BCUT2D eigenvalue weighted by Gasteiger charge is -2.24. The molecule has 1 saturated carbocycles. The molecule has 0 bridgehead atoms. The third-order valence-electron chi connectivity index (χ3n) is 4.02. The number of para-hydroxylation sites is 2. The lowest BCUT2D eigenvalue weighted by atomic mass is 9.80. The van der Waals surface area contributed by atoms with Gasteiger partial charge in [0.25, 0.3) is 0 Å². The number of rotatable bonds is 2. The summed E-state index contributed by atoms with van der Waals surface area (Å²) >= 11 is 0. The van der Waals surface area contributed by atoms with Crippen molar-refractivity contribution in [3.8, 4) is 5.75 Å². The number of aliphatic hydroxyl groups excluding tert-OH is 1. The molecule has 2 aromatic rings. The average molecular weight is 307 g/mol. The summed E-state index contributed by atoms with van der Waals surface area (Å²) in [5.74, 6) is -0.0645. The van der Waals surface area contributed by atoms with Gasteiger partial charge in [-0.15, -0.1) is 0 Å². The van der Waals surface area contributed by atoms with E-state index in [4.69, 9.17) is 0 Å². The SMILES string of the molecule is O=C1CC(c2ccccc2)CC(=Nc2ccccc2O)/C1=C/O. The number of aliphatic imine (C=N–C) groups is 1. The van der Waals surface area contributed by atoms with Crippen LogP contribution < -0.4 is 0 Å². The van der Waals surface area contributed by atoms with Gasteiger partial charge in [0, 0.05) is 6.42 Å². The largest absolute Gasteiger partial charge is 0.515 e. The van der Waals surface area contributed by atoms with E-state index in [1.807, 2.05) is 30.3 Å². The minimum absolute atomic E-state index is 0.0250. The van der Waals surface area contributed by atoms with E-state index in [0.717, 1.165) is 11.8 Å². The second kappa shape index (κ2) is 6.48. The summed E-state index contributed by atoms with van der Waals surface area (Å²) in [7, 11) is 0. The molecule has 1 atom stereocenters. The van der Waals surface area contributed by atoms with Crippen LogP contribution in [0.15, 0.2) is 71.4 Å². The highest BCUT2D eigenvalue weighted by atomic mass is 16.3. The number of Topliss-reactive ketones (excluding diaryl/α,β-unsaturated/α-hetero) is 1. The van der Waals surface area contributed by atoms with Crippen LogP contribution in [0.25, 0.3) is 0 Å². The van der Waals surface area contributed by atoms with Gasteiger partial charge in [-0.25, -0.2) is 4.99 Å². The van der Waals surface area contributed by atoms with Gasteiger partial charge in [0.2, 0.25) is 0 Å². The topological polar surface area (TPSA) is 69.9 Å². The minimum Gasteiger partial charge on any atom is -0.515 e. The zero-order valence-corrected chi connectivity index (χ0v) is 12.5. The Morgan fingerprint density at radius 2 is 1.70 bits per heavy atom. The van der Waals surface area contributed by atoms with Crippen LogP contribution in [0, 0.1) is 0 Å². The second-order valence-electron chi connectivity index (χ2n) is 5.53. The van der Waals surface area contributed by atoms with Crippen LogP contribution in [-0.2, 0) is 4.79 Å². The molecule has 0 aliphatic heterocycles. The molecule has 0 amide bonds. The van der Waals surface area contributed by atoms with Crippen LogP contribution in [0.1, 0.15) is 24.3 Å². The third-order valence-corrected chi connectivity index (χ3v) is 4.02. The van der Waals surface area contributed by atoms with Gasteiger partial charge in [-0.1, -0.05) is 42.5 Å². The average Bonchev–Trinajstić information content (AvgIpc) is 2.57. The fourth-order valence-corrected chi connectivity index (χ4v) is 2.83. The molecule has 3 rings (SSSR count). The maximum absolute atomic E-state index is 12.3. The highest BCUT2D eigenvalue weighted by molar-refractivity contribution is 6.24. The first kappa shape index (κ1) is 15.0. The summed E-state index contributed by atoms with van der Waals surface area (Å²) in [4.78, 5) is 16.7. The summed E-state index contributed by atoms with van der Waals surface area (Å²) in [6, 6.07) is 16.5. The molecule has 1 aliphatic rings. The fourth-order valence-electron chi connectivity index (χ4n) is 2.83. The molecular weight excluding hydrogens is 290 g/mol. The molecule has 23 heavy (non-hydrogen) atoms. The van der Waals surface area contributed by atoms with Gasteiger partial charge in [-0.2, -0.15) is 0 Å². The number of phenolic OH excluding ortho intramolecular Hbond substituents is 1. The predicted molar refractivity (Wildman–Crippen MR) is 89.3 cm³/mol. The first-order valence-corrected chi connectivity index (χ1v) is 7.47. The second-order valence-corrected chi connectivity index (χ2v) is 5.53. The summed E-state index contributed by atoms with van der Waals surface area (Å²) in [5, 5.41) is 19.3. The molecule has 4 nitrogen and oxygen atoms in total. The Hall–Kier alpha value is -2.88. The van der Waals surface area contributed by atoms with Gasteiger partial charge in [-0.05, 0) is 30.0 Å². The number of hydrogen-bond donors (Lipinski definition) is 2. The molecule has 1 fully saturated rings. The van der Waals surface area contributed by atoms with E-state index in [-0.39, 0.29) is 23.0 Å². The number of carbonyl (C=O) groups excluding carboxylic acids is 1. The molecule has 4 heteroatoms. The lowest BCUT2D eigenvalue weighted by Crippen LogP contribution is -2.25. The van der Waals surface area contributed by atoms with Crippen molar-refractivity contribution in [1.82, 2.24) is 0 Å². The number of allylic oxidation sites excluding steroid dienone is 1. The van der Waals surface area contributed by atoms with Crippen LogP contribution in [0.4, 0.5) is 5.69 Å². The number of nitrogens with zero attached hydrogens (tertiary/aromatic N) is 1. The molecule has 2 aromatic carbocycles. The number of aromatic hydroxyl groups is 1. The Morgan fingerprint density at radius 1 is 1.00 bits per heavy atom. The van der Waals surface area contributed by atoms with Crippen molar-refractivity contribution in [2.45, 2.75) is 18.8 Å². The number of aliphatic hydroxyl groups is 1. The van der Waals surface area contributed by atoms with Gasteiger partial charge in [0.15, 0.2) is 5.78 Å². The molecule has 0 aromatic heterocycles. The standard InChI is InChI=1S/C19H17NO3/c21-12-15-17(20-16-8-4-5-9-18(16)22)10-14(11-19(15)23)13-6-2-1-3-7-13/h1-9,12,14,21-22H,10-11H2/b15-12-,20-17?. The van der Waals surface area contributed by atoms with Gasteiger partial charge in [0.05, 0.1) is 17.5 Å². The maximum Gasteiger partial charge on any atom is 0.168 e. The molecule has 0 radical (unpaired) electrons. The van der Waals surface area contributed by atoms with Crippen molar-refractivity contribution >= 4 is 17.2 Å². The van der Waals surface area contributed by atoms with Crippen molar-refractivity contribution in [3.63, 3.8) is 0 Å². The molecule has 0 spiro atoms. The summed E-state index contributed by atoms with van der Waals surface area (Å²) in [5.41, 5.74) is 2.19. The van der Waals surface area contributed by atoms with E-state index in [9.17, 15) is 15.0 Å². The highest BCUT2D eigenvalue weighted by Crippen LogP contribution is 2.34. The molecule has 2 N–H and O–H groups in total. The molecule has 116 valence electrons. The number of ketones is 1. The molecule has 1 aliphatic carbocycles. The monoisotopic (exact) mass is 307 g/mol. The van der Waals surface area contributed by atoms with Crippen molar-refractivity contribution in [1.29, 1.82) is 0 Å². The van der Waals surface area contributed by atoms with Crippen LogP contribution in [-0.4, -0.2) is 21.7 Å². The van der Waals surface area contributed by atoms with E-state index in [1.165, 1.54) is 0 Å². The number of carbonyl (C=O) groups is 1. The Balaban J connectivity index is 1.99. The molecular formula is C19H17NO3. The van der Waals surface area contributed by atoms with Gasteiger partial charge >= 0.3 is 0 Å². The first-order chi connectivity index (χ1) is 11.2. The molecule has 0 heterocycles. The van der Waals surface area contributed by atoms with E-state index in [0.29, 0.717) is 24.2 Å². The Bertz CT molecular complexity index is 778. The molecule has 0 saturated heterocycles. The fraction of sp³-hybridized carbons (Fsp3) is 0.158. The van der Waals surface area contributed by atoms with Crippen LogP contribution in [0.5, 0.6) is 5.75 Å². The summed E-state index contributed by atoms with van der Waals surface area (Å²) in [6.07, 6.45) is 1.70. The highest BCUT2D eigenvalue weighted by Gasteiger charge is 2.30. The Kier molecular flexibility index (Phi) is 4.24. The van der Waals surface area contributed by atoms with Crippen LogP contribution in [0.2, 0.25) is 0 Å². The minimum atomic E-state index is -0.137. The van der Waals surface area contributed by atoms with E-state index >= 15 is 0 Å². The van der Waals surface area contributed by atoms with Gasteiger partial charge in [-0.3, -0.25) is 4.79 Å². The Morgan fingerprint density at radius 3 is 2.39 bits per heavy atom. The lowest BCUT2D eigenvalue weighted by molar-refractivity contribution is -0.115. The number of hydrogen-bond acceptors (Lipinski definition) is 4.